The van der Waals surface area contributed by atoms with Gasteiger partial charge in [-0.05, 0) is 18.3 Å². The van der Waals surface area contributed by atoms with E-state index in [0.717, 1.165) is 25.0 Å². The zero-order valence-corrected chi connectivity index (χ0v) is 9.21. The third-order valence-electron chi connectivity index (χ3n) is 2.29. The second-order valence-corrected chi connectivity index (χ2v) is 4.39. The van der Waals surface area contributed by atoms with E-state index in [1.54, 1.807) is 0 Å². The van der Waals surface area contributed by atoms with Crippen LogP contribution >= 0.6 is 0 Å². The molecule has 0 spiro atoms. The molecule has 1 saturated carbocycles. The average Bonchev–Trinajstić information content (AvgIpc) is 2.94. The van der Waals surface area contributed by atoms with E-state index in [0.29, 0.717) is 5.92 Å². The number of hydrogen-bond acceptors (Lipinski definition) is 2. The highest BCUT2D eigenvalue weighted by Gasteiger charge is 2.20. The first-order valence-electron chi connectivity index (χ1n) is 5.47. The first-order chi connectivity index (χ1) is 6.72. The van der Waals surface area contributed by atoms with Crippen molar-refractivity contribution in [3.8, 4) is 0 Å². The molecular formula is C10H22N4. The number of hydrogen-bond donors (Lipinski definition) is 3. The normalized spacial score (nSPS) is 17.3. The molecule has 0 aromatic heterocycles. The molecule has 0 heterocycles. The topological polar surface area (TPSA) is 62.4 Å². The number of aliphatic imine (C=N–C) groups is 1. The monoisotopic (exact) mass is 198 g/mol. The van der Waals surface area contributed by atoms with Gasteiger partial charge in [0.05, 0.1) is 0 Å². The third kappa shape index (κ3) is 5.07. The van der Waals surface area contributed by atoms with Crippen molar-refractivity contribution in [2.75, 3.05) is 13.1 Å². The molecule has 0 bridgehead atoms. The fraction of sp³-hybridized carbons (Fsp3) is 0.900. The molecule has 1 fully saturated rings. The molecular weight excluding hydrogens is 176 g/mol. The summed E-state index contributed by atoms with van der Waals surface area (Å²) in [4.78, 5) is 4.33. The molecule has 0 atom stereocenters. The molecule has 0 aliphatic heterocycles. The number of nitrogens with one attached hydrogen (secondary N) is 2. The summed E-state index contributed by atoms with van der Waals surface area (Å²) in [5.41, 5.74) is 2.59. The summed E-state index contributed by atoms with van der Waals surface area (Å²) < 4.78 is 0. The molecule has 14 heavy (non-hydrogen) atoms. The largest absolute Gasteiger partial charge is 0.355 e. The van der Waals surface area contributed by atoms with Crippen LogP contribution in [0.4, 0.5) is 0 Å². The first-order valence-corrected chi connectivity index (χ1v) is 5.47. The van der Waals surface area contributed by atoms with Crippen molar-refractivity contribution in [3.63, 3.8) is 0 Å². The fourth-order valence-corrected chi connectivity index (χ4v) is 1.23. The Bertz CT molecular complexity index is 185. The maximum absolute atomic E-state index is 5.35. The maximum Gasteiger partial charge on any atom is 0.205 e. The van der Waals surface area contributed by atoms with Gasteiger partial charge in [0.25, 0.3) is 0 Å². The predicted octanol–water partition coefficient (Wildman–Crippen LogP) is 0.851. The van der Waals surface area contributed by atoms with Gasteiger partial charge in [0.1, 0.15) is 0 Å². The average molecular weight is 198 g/mol. The molecule has 1 aliphatic rings. The van der Waals surface area contributed by atoms with Crippen LogP contribution in [0.3, 0.4) is 0 Å². The van der Waals surface area contributed by atoms with Crippen molar-refractivity contribution in [1.29, 1.82) is 0 Å². The minimum absolute atomic E-state index is 0.573. The smallest absolute Gasteiger partial charge is 0.205 e. The van der Waals surface area contributed by atoms with Crippen LogP contribution in [0, 0.1) is 11.8 Å². The van der Waals surface area contributed by atoms with Crippen LogP contribution in [0.5, 0.6) is 0 Å². The summed E-state index contributed by atoms with van der Waals surface area (Å²) in [6.45, 7) is 6.07. The van der Waals surface area contributed by atoms with E-state index in [2.05, 4.69) is 29.6 Å². The van der Waals surface area contributed by atoms with Crippen LogP contribution in [0.2, 0.25) is 0 Å². The summed E-state index contributed by atoms with van der Waals surface area (Å²) in [5.74, 6) is 7.59. The summed E-state index contributed by atoms with van der Waals surface area (Å²) in [6, 6.07) is 0. The van der Waals surface area contributed by atoms with Gasteiger partial charge in [-0.1, -0.05) is 26.7 Å². The number of nitrogens with zero attached hydrogens (tertiary/aromatic N) is 1. The first kappa shape index (κ1) is 11.3. The lowest BCUT2D eigenvalue weighted by molar-refractivity contribution is 0.648. The maximum atomic E-state index is 5.35. The van der Waals surface area contributed by atoms with Crippen LogP contribution < -0.4 is 16.6 Å². The van der Waals surface area contributed by atoms with E-state index >= 15 is 0 Å². The van der Waals surface area contributed by atoms with E-state index in [1.165, 1.54) is 19.3 Å². The van der Waals surface area contributed by atoms with Crippen LogP contribution in [0.15, 0.2) is 4.99 Å². The standard InChI is InChI=1S/C10H22N4/c1-8(2)7-13-10(14-11)12-6-5-9-3-4-9/h8-9H,3-7,11H2,1-2H3,(H2,12,13,14). The second kappa shape index (κ2) is 5.86. The molecule has 0 radical (unpaired) electrons. The van der Waals surface area contributed by atoms with Gasteiger partial charge in [-0.3, -0.25) is 10.4 Å². The van der Waals surface area contributed by atoms with Crippen molar-refractivity contribution in [3.05, 3.63) is 0 Å². The Morgan fingerprint density at radius 3 is 2.71 bits per heavy atom. The van der Waals surface area contributed by atoms with Gasteiger partial charge in [0, 0.05) is 13.1 Å². The van der Waals surface area contributed by atoms with E-state index in [1.807, 2.05) is 0 Å². The Morgan fingerprint density at radius 2 is 2.21 bits per heavy atom. The van der Waals surface area contributed by atoms with E-state index < -0.39 is 0 Å². The molecule has 0 unspecified atom stereocenters. The number of rotatable bonds is 5. The molecule has 82 valence electrons. The molecule has 4 nitrogen and oxygen atoms in total. The van der Waals surface area contributed by atoms with Gasteiger partial charge >= 0.3 is 0 Å². The molecule has 0 aromatic rings. The summed E-state index contributed by atoms with van der Waals surface area (Å²) in [5, 5.41) is 3.21. The lowest BCUT2D eigenvalue weighted by Gasteiger charge is -2.09. The van der Waals surface area contributed by atoms with Gasteiger partial charge in [0.2, 0.25) is 5.96 Å². The van der Waals surface area contributed by atoms with E-state index in [9.17, 15) is 0 Å². The SMILES string of the molecule is CC(C)CN=C(NN)NCCC1CC1. The third-order valence-corrected chi connectivity index (χ3v) is 2.29. The van der Waals surface area contributed by atoms with E-state index in [4.69, 9.17) is 5.84 Å². The van der Waals surface area contributed by atoms with Crippen LogP contribution in [-0.2, 0) is 0 Å². The predicted molar refractivity (Wildman–Crippen MR) is 59.8 cm³/mol. The number of guanidine groups is 1. The number of hydrazine groups is 1. The Balaban J connectivity index is 2.11. The molecule has 0 aromatic carbocycles. The van der Waals surface area contributed by atoms with Crippen molar-refractivity contribution in [2.24, 2.45) is 22.7 Å². The van der Waals surface area contributed by atoms with Gasteiger partial charge in [-0.15, -0.1) is 0 Å². The van der Waals surface area contributed by atoms with Crippen molar-refractivity contribution < 1.29 is 0 Å². The van der Waals surface area contributed by atoms with Crippen molar-refractivity contribution in [2.45, 2.75) is 33.1 Å². The van der Waals surface area contributed by atoms with Crippen molar-refractivity contribution >= 4 is 5.96 Å². The minimum Gasteiger partial charge on any atom is -0.355 e. The molecule has 1 aliphatic carbocycles. The highest BCUT2D eigenvalue weighted by molar-refractivity contribution is 5.79. The van der Waals surface area contributed by atoms with Gasteiger partial charge in [0.15, 0.2) is 0 Å². The zero-order valence-electron chi connectivity index (χ0n) is 9.21. The molecule has 1 rings (SSSR count). The van der Waals surface area contributed by atoms with Gasteiger partial charge in [-0.2, -0.15) is 0 Å². The Hall–Kier alpha value is -0.770. The van der Waals surface area contributed by atoms with Crippen LogP contribution in [0.1, 0.15) is 33.1 Å². The minimum atomic E-state index is 0.573. The summed E-state index contributed by atoms with van der Waals surface area (Å²) in [6.07, 6.45) is 4.04. The molecule has 0 amide bonds. The van der Waals surface area contributed by atoms with E-state index in [-0.39, 0.29) is 0 Å². The molecule has 4 heteroatoms. The lowest BCUT2D eigenvalue weighted by atomic mass is 10.2. The van der Waals surface area contributed by atoms with Gasteiger partial charge < -0.3 is 5.32 Å². The Morgan fingerprint density at radius 1 is 1.50 bits per heavy atom. The summed E-state index contributed by atoms with van der Waals surface area (Å²) in [7, 11) is 0. The lowest BCUT2D eigenvalue weighted by Crippen LogP contribution is -2.42. The highest BCUT2D eigenvalue weighted by atomic mass is 15.3. The quantitative estimate of drug-likeness (QED) is 0.266. The Kier molecular flexibility index (Phi) is 4.73. The number of nitrogens with two attached hydrogens (primary N) is 1. The molecule has 4 N–H and O–H groups in total. The highest BCUT2D eigenvalue weighted by Crippen LogP contribution is 2.31. The van der Waals surface area contributed by atoms with Gasteiger partial charge in [-0.25, -0.2) is 5.84 Å². The van der Waals surface area contributed by atoms with Crippen LogP contribution in [0.25, 0.3) is 0 Å². The van der Waals surface area contributed by atoms with Crippen molar-refractivity contribution in [1.82, 2.24) is 10.7 Å². The fourth-order valence-electron chi connectivity index (χ4n) is 1.23. The molecule has 0 saturated heterocycles. The Labute approximate surface area is 86.3 Å². The van der Waals surface area contributed by atoms with Crippen LogP contribution in [-0.4, -0.2) is 19.0 Å². The second-order valence-electron chi connectivity index (χ2n) is 4.39. The summed E-state index contributed by atoms with van der Waals surface area (Å²) >= 11 is 0. The zero-order chi connectivity index (χ0) is 10.4.